The standard InChI is InChI=1S/C17H23ClF2N2/c18-16-14(20)7-6-13(19)15(16)17(12-4-2-1-3-5-12)22-10-8-21-9-11-22/h6-7,12,17,21H,1-5,8-11H2/t17-/m1/s1. The van der Waals surface area contributed by atoms with Gasteiger partial charge in [-0.2, -0.15) is 0 Å². The molecule has 5 heteroatoms. The van der Waals surface area contributed by atoms with E-state index in [0.717, 1.165) is 45.1 Å². The van der Waals surface area contributed by atoms with Gasteiger partial charge in [-0.15, -0.1) is 0 Å². The van der Waals surface area contributed by atoms with Crippen LogP contribution < -0.4 is 5.32 Å². The quantitative estimate of drug-likeness (QED) is 0.839. The molecular formula is C17H23ClF2N2. The highest BCUT2D eigenvalue weighted by Crippen LogP contribution is 2.42. The van der Waals surface area contributed by atoms with E-state index in [0.29, 0.717) is 11.5 Å². The lowest BCUT2D eigenvalue weighted by Crippen LogP contribution is -2.47. The third-order valence-electron chi connectivity index (χ3n) is 5.02. The Morgan fingerprint density at radius 1 is 1.05 bits per heavy atom. The van der Waals surface area contributed by atoms with Gasteiger partial charge in [0.05, 0.1) is 5.02 Å². The predicted octanol–water partition coefficient (Wildman–Crippen LogP) is 4.14. The van der Waals surface area contributed by atoms with Crippen molar-refractivity contribution in [3.63, 3.8) is 0 Å². The molecule has 1 N–H and O–H groups in total. The molecule has 0 spiro atoms. The zero-order chi connectivity index (χ0) is 15.5. The second-order valence-corrected chi connectivity index (χ2v) is 6.76. The number of piperazine rings is 1. The van der Waals surface area contributed by atoms with Crippen molar-refractivity contribution < 1.29 is 8.78 Å². The maximum absolute atomic E-state index is 14.5. The molecule has 0 bridgehead atoms. The molecule has 1 aliphatic carbocycles. The molecule has 1 saturated heterocycles. The summed E-state index contributed by atoms with van der Waals surface area (Å²) >= 11 is 6.17. The van der Waals surface area contributed by atoms with Crippen LogP contribution >= 0.6 is 11.6 Å². The Balaban J connectivity index is 1.98. The summed E-state index contributed by atoms with van der Waals surface area (Å²) in [6, 6.07) is 2.23. The predicted molar refractivity (Wildman–Crippen MR) is 85.1 cm³/mol. The first kappa shape index (κ1) is 16.2. The van der Waals surface area contributed by atoms with E-state index in [4.69, 9.17) is 11.6 Å². The van der Waals surface area contributed by atoms with E-state index in [9.17, 15) is 8.78 Å². The van der Waals surface area contributed by atoms with Crippen LogP contribution in [0.5, 0.6) is 0 Å². The summed E-state index contributed by atoms with van der Waals surface area (Å²) in [5, 5.41) is 3.29. The fourth-order valence-electron chi connectivity index (χ4n) is 3.94. The average Bonchev–Trinajstić information content (AvgIpc) is 2.57. The smallest absolute Gasteiger partial charge is 0.142 e. The van der Waals surface area contributed by atoms with Crippen LogP contribution in [0.1, 0.15) is 43.7 Å². The van der Waals surface area contributed by atoms with Gasteiger partial charge in [0.25, 0.3) is 0 Å². The van der Waals surface area contributed by atoms with E-state index in [1.807, 2.05) is 0 Å². The molecule has 1 saturated carbocycles. The van der Waals surface area contributed by atoms with E-state index in [-0.39, 0.29) is 16.9 Å². The number of nitrogens with one attached hydrogen (secondary N) is 1. The fraction of sp³-hybridized carbons (Fsp3) is 0.647. The molecule has 22 heavy (non-hydrogen) atoms. The van der Waals surface area contributed by atoms with Crippen LogP contribution in [-0.4, -0.2) is 31.1 Å². The molecule has 1 heterocycles. The molecule has 0 aromatic heterocycles. The Morgan fingerprint density at radius 3 is 2.36 bits per heavy atom. The average molecular weight is 329 g/mol. The highest BCUT2D eigenvalue weighted by atomic mass is 35.5. The van der Waals surface area contributed by atoms with Gasteiger partial charge < -0.3 is 5.32 Å². The first-order valence-electron chi connectivity index (χ1n) is 8.26. The molecule has 0 amide bonds. The number of halogens is 3. The van der Waals surface area contributed by atoms with Crippen molar-refractivity contribution in [2.75, 3.05) is 26.2 Å². The molecule has 3 rings (SSSR count). The number of rotatable bonds is 3. The first-order valence-corrected chi connectivity index (χ1v) is 8.64. The van der Waals surface area contributed by atoms with Crippen molar-refractivity contribution in [1.82, 2.24) is 10.2 Å². The Labute approximate surface area is 135 Å². The lowest BCUT2D eigenvalue weighted by Gasteiger charge is -2.41. The molecule has 1 aliphatic heterocycles. The topological polar surface area (TPSA) is 15.3 Å². The second-order valence-electron chi connectivity index (χ2n) is 6.39. The monoisotopic (exact) mass is 328 g/mol. The molecule has 1 aromatic carbocycles. The van der Waals surface area contributed by atoms with Gasteiger partial charge in [-0.3, -0.25) is 4.90 Å². The minimum absolute atomic E-state index is 0.0332. The summed E-state index contributed by atoms with van der Waals surface area (Å²) in [7, 11) is 0. The summed E-state index contributed by atoms with van der Waals surface area (Å²) in [5.41, 5.74) is 0.371. The maximum Gasteiger partial charge on any atom is 0.142 e. The van der Waals surface area contributed by atoms with Gasteiger partial charge >= 0.3 is 0 Å². The normalized spacial score (nSPS) is 22.7. The van der Waals surface area contributed by atoms with Gasteiger partial charge in [0.1, 0.15) is 11.6 Å². The molecule has 0 unspecified atom stereocenters. The summed E-state index contributed by atoms with van der Waals surface area (Å²) in [4.78, 5) is 2.29. The van der Waals surface area contributed by atoms with Crippen LogP contribution in [0.15, 0.2) is 12.1 Å². The molecule has 0 radical (unpaired) electrons. The van der Waals surface area contributed by atoms with Crippen LogP contribution in [0.3, 0.4) is 0 Å². The Kier molecular flexibility index (Phi) is 5.32. The Bertz CT molecular complexity index is 494. The van der Waals surface area contributed by atoms with E-state index in [1.165, 1.54) is 25.3 Å². The minimum atomic E-state index is -0.519. The SMILES string of the molecule is Fc1ccc(F)c([C@@H](C2CCCCC2)N2CCNCC2)c1Cl. The van der Waals surface area contributed by atoms with Crippen molar-refractivity contribution in [2.24, 2.45) is 5.92 Å². The van der Waals surface area contributed by atoms with E-state index < -0.39 is 5.82 Å². The van der Waals surface area contributed by atoms with Crippen molar-refractivity contribution in [1.29, 1.82) is 0 Å². The van der Waals surface area contributed by atoms with Crippen LogP contribution in [0.4, 0.5) is 8.78 Å². The van der Waals surface area contributed by atoms with Crippen molar-refractivity contribution in [2.45, 2.75) is 38.1 Å². The molecule has 2 fully saturated rings. The van der Waals surface area contributed by atoms with Gasteiger partial charge in [-0.25, -0.2) is 8.78 Å². The van der Waals surface area contributed by atoms with Crippen molar-refractivity contribution in [3.05, 3.63) is 34.4 Å². The highest BCUT2D eigenvalue weighted by Gasteiger charge is 2.34. The Hall–Kier alpha value is -0.710. The Morgan fingerprint density at radius 2 is 1.68 bits per heavy atom. The second kappa shape index (κ2) is 7.24. The third kappa shape index (κ3) is 3.29. The zero-order valence-corrected chi connectivity index (χ0v) is 13.5. The van der Waals surface area contributed by atoms with Crippen LogP contribution in [-0.2, 0) is 0 Å². The van der Waals surface area contributed by atoms with Gasteiger partial charge in [-0.1, -0.05) is 30.9 Å². The molecule has 122 valence electrons. The zero-order valence-electron chi connectivity index (χ0n) is 12.8. The van der Waals surface area contributed by atoms with Crippen LogP contribution in [0.2, 0.25) is 5.02 Å². The van der Waals surface area contributed by atoms with Gasteiger partial charge in [0, 0.05) is 37.8 Å². The minimum Gasteiger partial charge on any atom is -0.314 e. The van der Waals surface area contributed by atoms with Gasteiger partial charge in [0.15, 0.2) is 0 Å². The van der Waals surface area contributed by atoms with Crippen LogP contribution in [0, 0.1) is 17.6 Å². The lowest BCUT2D eigenvalue weighted by molar-refractivity contribution is 0.100. The lowest BCUT2D eigenvalue weighted by atomic mass is 9.80. The van der Waals surface area contributed by atoms with E-state index in [1.54, 1.807) is 0 Å². The summed E-state index contributed by atoms with van der Waals surface area (Å²) in [5.74, 6) is -0.532. The molecule has 1 aromatic rings. The highest BCUT2D eigenvalue weighted by molar-refractivity contribution is 6.31. The molecular weight excluding hydrogens is 306 g/mol. The first-order chi connectivity index (χ1) is 10.7. The van der Waals surface area contributed by atoms with E-state index in [2.05, 4.69) is 10.2 Å². The summed E-state index contributed by atoms with van der Waals surface area (Å²) < 4.78 is 28.4. The number of hydrogen-bond acceptors (Lipinski definition) is 2. The molecule has 2 nitrogen and oxygen atoms in total. The van der Waals surface area contributed by atoms with Crippen molar-refractivity contribution in [3.8, 4) is 0 Å². The molecule has 2 aliphatic rings. The fourth-order valence-corrected chi connectivity index (χ4v) is 4.21. The number of benzene rings is 1. The van der Waals surface area contributed by atoms with Gasteiger partial charge in [0.2, 0.25) is 0 Å². The summed E-state index contributed by atoms with van der Waals surface area (Å²) in [6.07, 6.45) is 5.72. The van der Waals surface area contributed by atoms with E-state index >= 15 is 0 Å². The molecule has 1 atom stereocenters. The summed E-state index contributed by atoms with van der Waals surface area (Å²) in [6.45, 7) is 3.48. The number of nitrogens with zero attached hydrogens (tertiary/aromatic N) is 1. The maximum atomic E-state index is 14.5. The van der Waals surface area contributed by atoms with Gasteiger partial charge in [-0.05, 0) is 30.9 Å². The van der Waals surface area contributed by atoms with Crippen LogP contribution in [0.25, 0.3) is 0 Å². The van der Waals surface area contributed by atoms with Crippen molar-refractivity contribution >= 4 is 11.6 Å². The largest absolute Gasteiger partial charge is 0.314 e. The number of hydrogen-bond donors (Lipinski definition) is 1. The third-order valence-corrected chi connectivity index (χ3v) is 5.40.